The van der Waals surface area contributed by atoms with Crippen LogP contribution in [0.5, 0.6) is 0 Å². The van der Waals surface area contributed by atoms with E-state index in [0.717, 1.165) is 48.9 Å². The molecular weight excluding hydrogens is 382 g/mol. The van der Waals surface area contributed by atoms with Crippen molar-refractivity contribution in [3.05, 3.63) is 23.9 Å². The van der Waals surface area contributed by atoms with Crippen molar-refractivity contribution in [3.8, 4) is 11.4 Å². The molecule has 0 aliphatic carbocycles. The first-order chi connectivity index (χ1) is 14.6. The molecule has 0 aromatic carbocycles. The number of nitrogens with one attached hydrogen (secondary N) is 1. The Morgan fingerprint density at radius 2 is 1.73 bits per heavy atom. The van der Waals surface area contributed by atoms with Crippen LogP contribution in [0.3, 0.4) is 0 Å². The van der Waals surface area contributed by atoms with E-state index in [1.54, 1.807) is 6.20 Å². The van der Waals surface area contributed by atoms with Crippen molar-refractivity contribution in [1.82, 2.24) is 15.0 Å². The van der Waals surface area contributed by atoms with Gasteiger partial charge in [-0.25, -0.2) is 15.0 Å². The number of morpholine rings is 1. The van der Waals surface area contributed by atoms with Crippen LogP contribution in [-0.4, -0.2) is 66.8 Å². The molecule has 2 aliphatic rings. The number of rotatable bonds is 5. The molecule has 4 rings (SSSR count). The third-order valence-electron chi connectivity index (χ3n) is 5.52. The number of nitrogens with two attached hydrogens (primary N) is 1. The van der Waals surface area contributed by atoms with Crippen molar-refractivity contribution >= 4 is 23.4 Å². The number of nitrogens with zero attached hydrogens (tertiary/aromatic N) is 5. The summed E-state index contributed by atoms with van der Waals surface area (Å²) < 4.78 is 5.51. The molecule has 2 fully saturated rings. The average Bonchev–Trinajstić information content (AvgIpc) is 2.80. The first-order valence-electron chi connectivity index (χ1n) is 10.6. The maximum Gasteiger partial charge on any atom is 0.239 e. The standard InChI is InChI=1S/C21H29N7O2/c1-15-11-17(24-20(29)13-22)23-14-16(15)21-25-18(27-5-3-2-4-6-27)12-19(26-21)28-7-9-30-10-8-28/h11-12,14H,2-10,13,22H2,1H3,(H,23,24,29). The maximum absolute atomic E-state index is 11.6. The van der Waals surface area contributed by atoms with Crippen LogP contribution < -0.4 is 20.9 Å². The summed E-state index contributed by atoms with van der Waals surface area (Å²) in [5.74, 6) is 2.74. The van der Waals surface area contributed by atoms with Gasteiger partial charge in [-0.15, -0.1) is 0 Å². The van der Waals surface area contributed by atoms with E-state index in [9.17, 15) is 4.79 Å². The molecule has 0 spiro atoms. The van der Waals surface area contributed by atoms with E-state index in [1.807, 2.05) is 13.0 Å². The highest BCUT2D eigenvalue weighted by Crippen LogP contribution is 2.29. The number of piperidine rings is 1. The van der Waals surface area contributed by atoms with Gasteiger partial charge < -0.3 is 25.6 Å². The summed E-state index contributed by atoms with van der Waals surface area (Å²) in [5, 5.41) is 2.69. The highest BCUT2D eigenvalue weighted by atomic mass is 16.5. The van der Waals surface area contributed by atoms with Crippen molar-refractivity contribution < 1.29 is 9.53 Å². The van der Waals surface area contributed by atoms with Crippen LogP contribution in [0.2, 0.25) is 0 Å². The molecule has 0 saturated carbocycles. The molecule has 0 radical (unpaired) electrons. The Bertz CT molecular complexity index is 857. The van der Waals surface area contributed by atoms with E-state index in [0.29, 0.717) is 24.9 Å². The summed E-state index contributed by atoms with van der Waals surface area (Å²) in [7, 11) is 0. The number of aryl methyl sites for hydroxylation is 1. The van der Waals surface area contributed by atoms with Gasteiger partial charge in [0.05, 0.1) is 19.8 Å². The summed E-state index contributed by atoms with van der Waals surface area (Å²) in [5.41, 5.74) is 7.18. The minimum Gasteiger partial charge on any atom is -0.378 e. The van der Waals surface area contributed by atoms with Crippen molar-refractivity contribution in [2.45, 2.75) is 26.2 Å². The molecule has 1 amide bonds. The van der Waals surface area contributed by atoms with Crippen LogP contribution in [-0.2, 0) is 9.53 Å². The van der Waals surface area contributed by atoms with Crippen molar-refractivity contribution in [2.24, 2.45) is 5.73 Å². The van der Waals surface area contributed by atoms with Gasteiger partial charge in [0.1, 0.15) is 17.5 Å². The number of anilines is 3. The lowest BCUT2D eigenvalue weighted by Crippen LogP contribution is -2.37. The van der Waals surface area contributed by atoms with E-state index in [4.69, 9.17) is 20.4 Å². The lowest BCUT2D eigenvalue weighted by atomic mass is 10.1. The van der Waals surface area contributed by atoms with Gasteiger partial charge in [0, 0.05) is 44.0 Å². The number of carbonyl (C=O) groups excluding carboxylic acids is 1. The molecule has 2 saturated heterocycles. The highest BCUT2D eigenvalue weighted by Gasteiger charge is 2.20. The predicted octanol–water partition coefficient (Wildman–Crippen LogP) is 1.57. The van der Waals surface area contributed by atoms with Crippen LogP contribution in [0.15, 0.2) is 18.3 Å². The molecule has 0 unspecified atom stereocenters. The van der Waals surface area contributed by atoms with Crippen molar-refractivity contribution in [2.75, 3.05) is 61.1 Å². The van der Waals surface area contributed by atoms with E-state index in [-0.39, 0.29) is 12.5 Å². The summed E-state index contributed by atoms with van der Waals surface area (Å²) in [6.45, 7) is 6.96. The van der Waals surface area contributed by atoms with E-state index >= 15 is 0 Å². The van der Waals surface area contributed by atoms with E-state index < -0.39 is 0 Å². The van der Waals surface area contributed by atoms with Crippen LogP contribution in [0.25, 0.3) is 11.4 Å². The molecular formula is C21H29N7O2. The Kier molecular flexibility index (Phi) is 6.39. The fourth-order valence-electron chi connectivity index (χ4n) is 3.83. The minimum absolute atomic E-state index is 0.0770. The molecule has 30 heavy (non-hydrogen) atoms. The van der Waals surface area contributed by atoms with Gasteiger partial charge in [0.15, 0.2) is 5.82 Å². The SMILES string of the molecule is Cc1cc(NC(=O)CN)ncc1-c1nc(N2CCCCC2)cc(N2CCOCC2)n1. The highest BCUT2D eigenvalue weighted by molar-refractivity contribution is 5.91. The van der Waals surface area contributed by atoms with Crippen LogP contribution >= 0.6 is 0 Å². The smallest absolute Gasteiger partial charge is 0.239 e. The number of ether oxygens (including phenoxy) is 1. The van der Waals surface area contributed by atoms with Gasteiger partial charge in [-0.3, -0.25) is 4.79 Å². The molecule has 3 N–H and O–H groups in total. The monoisotopic (exact) mass is 411 g/mol. The first-order valence-corrected chi connectivity index (χ1v) is 10.6. The number of hydrogen-bond acceptors (Lipinski definition) is 8. The fourth-order valence-corrected chi connectivity index (χ4v) is 3.83. The van der Waals surface area contributed by atoms with Gasteiger partial charge in [0.2, 0.25) is 5.91 Å². The third-order valence-corrected chi connectivity index (χ3v) is 5.52. The number of amides is 1. The summed E-state index contributed by atoms with van der Waals surface area (Å²) in [4.78, 5) is 30.3. The summed E-state index contributed by atoms with van der Waals surface area (Å²) in [6, 6.07) is 3.92. The lowest BCUT2D eigenvalue weighted by molar-refractivity contribution is -0.114. The van der Waals surface area contributed by atoms with Crippen molar-refractivity contribution in [1.29, 1.82) is 0 Å². The topological polar surface area (TPSA) is 110 Å². The molecule has 2 aromatic heterocycles. The zero-order chi connectivity index (χ0) is 20.9. The normalized spacial score (nSPS) is 17.1. The number of aromatic nitrogens is 3. The quantitative estimate of drug-likeness (QED) is 0.763. The third kappa shape index (κ3) is 4.68. The zero-order valence-electron chi connectivity index (χ0n) is 17.4. The average molecular weight is 412 g/mol. The Morgan fingerprint density at radius 3 is 2.37 bits per heavy atom. The minimum atomic E-state index is -0.271. The zero-order valence-corrected chi connectivity index (χ0v) is 17.4. The molecule has 2 aromatic rings. The number of pyridine rings is 1. The van der Waals surface area contributed by atoms with Gasteiger partial charge in [-0.2, -0.15) is 0 Å². The second kappa shape index (κ2) is 9.36. The molecule has 9 nitrogen and oxygen atoms in total. The van der Waals surface area contributed by atoms with Crippen LogP contribution in [0.4, 0.5) is 17.5 Å². The van der Waals surface area contributed by atoms with Gasteiger partial charge in [0.25, 0.3) is 0 Å². The molecule has 0 atom stereocenters. The molecule has 2 aliphatic heterocycles. The van der Waals surface area contributed by atoms with E-state index in [1.165, 1.54) is 19.3 Å². The largest absolute Gasteiger partial charge is 0.378 e. The predicted molar refractivity (Wildman–Crippen MR) is 117 cm³/mol. The maximum atomic E-state index is 11.6. The fraction of sp³-hybridized carbons (Fsp3) is 0.524. The van der Waals surface area contributed by atoms with Gasteiger partial charge in [-0.1, -0.05) is 0 Å². The summed E-state index contributed by atoms with van der Waals surface area (Å²) >= 11 is 0. The number of hydrogen-bond donors (Lipinski definition) is 2. The second-order valence-electron chi connectivity index (χ2n) is 7.69. The molecule has 0 bridgehead atoms. The molecule has 9 heteroatoms. The lowest BCUT2D eigenvalue weighted by Gasteiger charge is -2.31. The Labute approximate surface area is 176 Å². The van der Waals surface area contributed by atoms with Gasteiger partial charge >= 0.3 is 0 Å². The van der Waals surface area contributed by atoms with Crippen LogP contribution in [0.1, 0.15) is 24.8 Å². The van der Waals surface area contributed by atoms with Gasteiger partial charge in [-0.05, 0) is 37.8 Å². The molecule has 4 heterocycles. The van der Waals surface area contributed by atoms with E-state index in [2.05, 4.69) is 26.2 Å². The Morgan fingerprint density at radius 1 is 1.07 bits per heavy atom. The number of carbonyl (C=O) groups is 1. The Balaban J connectivity index is 1.69. The summed E-state index contributed by atoms with van der Waals surface area (Å²) in [6.07, 6.45) is 5.36. The molecule has 160 valence electrons. The van der Waals surface area contributed by atoms with Crippen LogP contribution in [0, 0.1) is 6.92 Å². The first kappa shape index (κ1) is 20.5. The Hall–Kier alpha value is -2.78. The second-order valence-corrected chi connectivity index (χ2v) is 7.69. The van der Waals surface area contributed by atoms with Crippen molar-refractivity contribution in [3.63, 3.8) is 0 Å².